The third-order valence-corrected chi connectivity index (χ3v) is 2.46. The Morgan fingerprint density at radius 3 is 2.87 bits per heavy atom. The standard InChI is InChI=1S/C10H8BrFN2O/c1-6(5-13)10(15)14-9-7(11)3-2-4-8(9)12/h2-4,6H,1H3,(H,14,15). The second-order valence-electron chi connectivity index (χ2n) is 2.94. The molecule has 0 aromatic heterocycles. The third-order valence-electron chi connectivity index (χ3n) is 1.80. The molecule has 1 atom stereocenters. The molecular formula is C10H8BrFN2O. The van der Waals surface area contributed by atoms with Gasteiger partial charge in [-0.15, -0.1) is 0 Å². The Morgan fingerprint density at radius 2 is 2.33 bits per heavy atom. The zero-order valence-corrected chi connectivity index (χ0v) is 9.51. The quantitative estimate of drug-likeness (QED) is 0.899. The number of anilines is 1. The molecule has 0 aliphatic carbocycles. The van der Waals surface area contributed by atoms with Gasteiger partial charge in [0.05, 0.1) is 11.8 Å². The largest absolute Gasteiger partial charge is 0.322 e. The van der Waals surface area contributed by atoms with Gasteiger partial charge >= 0.3 is 0 Å². The van der Waals surface area contributed by atoms with E-state index in [2.05, 4.69) is 21.2 Å². The highest BCUT2D eigenvalue weighted by Crippen LogP contribution is 2.25. The Hall–Kier alpha value is -1.41. The Balaban J connectivity index is 2.91. The summed E-state index contributed by atoms with van der Waals surface area (Å²) in [7, 11) is 0. The van der Waals surface area contributed by atoms with Gasteiger partial charge in [0.15, 0.2) is 0 Å². The van der Waals surface area contributed by atoms with Crippen LogP contribution in [0.25, 0.3) is 0 Å². The Labute approximate surface area is 95.0 Å². The summed E-state index contributed by atoms with van der Waals surface area (Å²) >= 11 is 3.11. The highest BCUT2D eigenvalue weighted by molar-refractivity contribution is 9.10. The average Bonchev–Trinajstić information content (AvgIpc) is 2.22. The number of halogens is 2. The fourth-order valence-electron chi connectivity index (χ4n) is 0.907. The Bertz CT molecular complexity index is 408. The van der Waals surface area contributed by atoms with Crippen molar-refractivity contribution >= 4 is 27.5 Å². The molecule has 0 radical (unpaired) electrons. The summed E-state index contributed by atoms with van der Waals surface area (Å²) in [5.41, 5.74) is 0.0598. The smallest absolute Gasteiger partial charge is 0.241 e. The van der Waals surface area contributed by atoms with E-state index in [0.717, 1.165) is 0 Å². The van der Waals surface area contributed by atoms with Crippen LogP contribution < -0.4 is 5.32 Å². The zero-order valence-electron chi connectivity index (χ0n) is 7.92. The summed E-state index contributed by atoms with van der Waals surface area (Å²) in [6, 6.07) is 6.13. The molecule has 0 fully saturated rings. The lowest BCUT2D eigenvalue weighted by atomic mass is 10.2. The van der Waals surface area contributed by atoms with Gasteiger partial charge in [-0.3, -0.25) is 4.79 Å². The molecule has 1 aromatic rings. The molecule has 5 heteroatoms. The molecule has 1 unspecified atom stereocenters. The van der Waals surface area contributed by atoms with Gasteiger partial charge in [-0.2, -0.15) is 5.26 Å². The van der Waals surface area contributed by atoms with E-state index in [1.165, 1.54) is 19.1 Å². The molecule has 0 aliphatic heterocycles. The van der Waals surface area contributed by atoms with Crippen LogP contribution in [0.3, 0.4) is 0 Å². The summed E-state index contributed by atoms with van der Waals surface area (Å²) in [5.74, 6) is -1.87. The van der Waals surface area contributed by atoms with Crippen LogP contribution in [0.2, 0.25) is 0 Å². The maximum absolute atomic E-state index is 13.3. The van der Waals surface area contributed by atoms with Crippen LogP contribution in [0.4, 0.5) is 10.1 Å². The number of carbonyl (C=O) groups is 1. The van der Waals surface area contributed by atoms with Crippen molar-refractivity contribution in [3.63, 3.8) is 0 Å². The molecule has 3 nitrogen and oxygen atoms in total. The molecule has 0 saturated carbocycles. The molecule has 1 aromatic carbocycles. The summed E-state index contributed by atoms with van der Waals surface area (Å²) in [6.07, 6.45) is 0. The van der Waals surface area contributed by atoms with E-state index in [1.807, 2.05) is 0 Å². The van der Waals surface area contributed by atoms with Crippen LogP contribution in [-0.4, -0.2) is 5.91 Å². The Morgan fingerprint density at radius 1 is 1.67 bits per heavy atom. The number of benzene rings is 1. The van der Waals surface area contributed by atoms with E-state index >= 15 is 0 Å². The number of rotatable bonds is 2. The highest BCUT2D eigenvalue weighted by Gasteiger charge is 2.15. The fraction of sp³-hybridized carbons (Fsp3) is 0.200. The molecule has 15 heavy (non-hydrogen) atoms. The van der Waals surface area contributed by atoms with E-state index in [1.54, 1.807) is 12.1 Å². The minimum absolute atomic E-state index is 0.0598. The van der Waals surface area contributed by atoms with Crippen LogP contribution in [0.5, 0.6) is 0 Å². The minimum Gasteiger partial charge on any atom is -0.322 e. The SMILES string of the molecule is CC(C#N)C(=O)Nc1c(F)cccc1Br. The number of nitriles is 1. The van der Waals surface area contributed by atoms with Gasteiger partial charge in [-0.25, -0.2) is 4.39 Å². The summed E-state index contributed by atoms with van der Waals surface area (Å²) in [5, 5.41) is 10.9. The molecule has 0 bridgehead atoms. The van der Waals surface area contributed by atoms with Gasteiger partial charge in [0.25, 0.3) is 0 Å². The first-order valence-corrected chi connectivity index (χ1v) is 5.00. The molecule has 0 spiro atoms. The number of amides is 1. The first kappa shape index (κ1) is 11.7. The molecule has 1 amide bonds. The van der Waals surface area contributed by atoms with Gasteiger partial charge in [0.1, 0.15) is 11.7 Å². The lowest BCUT2D eigenvalue weighted by Gasteiger charge is -2.08. The van der Waals surface area contributed by atoms with E-state index in [9.17, 15) is 9.18 Å². The van der Waals surface area contributed by atoms with Crippen LogP contribution in [0.15, 0.2) is 22.7 Å². The molecule has 0 heterocycles. The third kappa shape index (κ3) is 2.77. The maximum Gasteiger partial charge on any atom is 0.241 e. The maximum atomic E-state index is 13.3. The van der Waals surface area contributed by atoms with Crippen molar-refractivity contribution < 1.29 is 9.18 Å². The van der Waals surface area contributed by atoms with E-state index in [-0.39, 0.29) is 5.69 Å². The molecule has 1 rings (SSSR count). The van der Waals surface area contributed by atoms with E-state index < -0.39 is 17.6 Å². The number of nitrogens with zero attached hydrogens (tertiary/aromatic N) is 1. The number of hydrogen-bond donors (Lipinski definition) is 1. The van der Waals surface area contributed by atoms with Gasteiger partial charge in [-0.1, -0.05) is 6.07 Å². The zero-order chi connectivity index (χ0) is 11.4. The van der Waals surface area contributed by atoms with Crippen molar-refractivity contribution in [3.8, 4) is 6.07 Å². The van der Waals surface area contributed by atoms with E-state index in [4.69, 9.17) is 5.26 Å². The lowest BCUT2D eigenvalue weighted by Crippen LogP contribution is -2.19. The van der Waals surface area contributed by atoms with Crippen LogP contribution in [-0.2, 0) is 4.79 Å². The second-order valence-corrected chi connectivity index (χ2v) is 3.79. The van der Waals surface area contributed by atoms with Crippen molar-refractivity contribution in [2.24, 2.45) is 5.92 Å². The first-order chi connectivity index (χ1) is 7.06. The summed E-state index contributed by atoms with van der Waals surface area (Å²) in [6.45, 7) is 1.45. The van der Waals surface area contributed by atoms with Crippen molar-refractivity contribution in [2.45, 2.75) is 6.92 Å². The molecule has 0 saturated heterocycles. The van der Waals surface area contributed by atoms with Crippen molar-refractivity contribution in [2.75, 3.05) is 5.32 Å². The van der Waals surface area contributed by atoms with Crippen LogP contribution in [0.1, 0.15) is 6.92 Å². The van der Waals surface area contributed by atoms with Crippen LogP contribution in [0, 0.1) is 23.1 Å². The fourth-order valence-corrected chi connectivity index (χ4v) is 1.35. The number of hydrogen-bond acceptors (Lipinski definition) is 2. The highest BCUT2D eigenvalue weighted by atomic mass is 79.9. The average molecular weight is 271 g/mol. The normalized spacial score (nSPS) is 11.6. The van der Waals surface area contributed by atoms with Crippen LogP contribution >= 0.6 is 15.9 Å². The Kier molecular flexibility index (Phi) is 3.81. The van der Waals surface area contributed by atoms with Gasteiger partial charge in [-0.05, 0) is 35.0 Å². The number of nitrogens with one attached hydrogen (secondary N) is 1. The predicted molar refractivity (Wildman–Crippen MR) is 57.5 cm³/mol. The monoisotopic (exact) mass is 270 g/mol. The molecular weight excluding hydrogens is 263 g/mol. The first-order valence-electron chi connectivity index (χ1n) is 4.20. The number of carbonyl (C=O) groups excluding carboxylic acids is 1. The van der Waals surface area contributed by atoms with E-state index in [0.29, 0.717) is 4.47 Å². The summed E-state index contributed by atoms with van der Waals surface area (Å²) in [4.78, 5) is 11.3. The van der Waals surface area contributed by atoms with Crippen molar-refractivity contribution in [1.82, 2.24) is 0 Å². The second kappa shape index (κ2) is 4.89. The molecule has 1 N–H and O–H groups in total. The number of para-hydroxylation sites is 1. The van der Waals surface area contributed by atoms with Gasteiger partial charge in [0.2, 0.25) is 5.91 Å². The minimum atomic E-state index is -0.809. The van der Waals surface area contributed by atoms with Crippen molar-refractivity contribution in [3.05, 3.63) is 28.5 Å². The topological polar surface area (TPSA) is 52.9 Å². The molecule has 0 aliphatic rings. The van der Waals surface area contributed by atoms with Gasteiger partial charge < -0.3 is 5.32 Å². The van der Waals surface area contributed by atoms with Gasteiger partial charge in [0, 0.05) is 4.47 Å². The molecule has 78 valence electrons. The van der Waals surface area contributed by atoms with Crippen molar-refractivity contribution in [1.29, 1.82) is 5.26 Å². The predicted octanol–water partition coefficient (Wildman–Crippen LogP) is 2.69. The lowest BCUT2D eigenvalue weighted by molar-refractivity contribution is -0.117. The summed E-state index contributed by atoms with van der Waals surface area (Å²) < 4.78 is 13.7.